The van der Waals surface area contributed by atoms with E-state index in [-0.39, 0.29) is 5.91 Å². The number of amides is 1. The molecule has 1 aromatic heterocycles. The minimum absolute atomic E-state index is 0.374. The third kappa shape index (κ3) is 3.59. The number of aliphatic carboxylic acids is 1. The fraction of sp³-hybridized carbons (Fsp3) is 0.333. The van der Waals surface area contributed by atoms with Crippen LogP contribution in [0.25, 0.3) is 0 Å². The van der Waals surface area contributed by atoms with Crippen LogP contribution in [0.3, 0.4) is 0 Å². The Balaban J connectivity index is 1.68. The monoisotopic (exact) mass is 345 g/mol. The summed E-state index contributed by atoms with van der Waals surface area (Å²) in [5, 5.41) is 14.2. The van der Waals surface area contributed by atoms with E-state index in [4.69, 9.17) is 4.74 Å². The van der Waals surface area contributed by atoms with Crippen LogP contribution in [-0.2, 0) is 11.4 Å². The molecule has 1 heterocycles. The first-order valence-electron chi connectivity index (χ1n) is 7.90. The molecule has 0 bridgehead atoms. The first-order valence-corrected chi connectivity index (χ1v) is 8.78. The van der Waals surface area contributed by atoms with Gasteiger partial charge in [0.1, 0.15) is 17.9 Å². The summed E-state index contributed by atoms with van der Waals surface area (Å²) in [5.41, 5.74) is -0.725. The summed E-state index contributed by atoms with van der Waals surface area (Å²) >= 11 is 1.61. The van der Waals surface area contributed by atoms with Crippen molar-refractivity contribution in [1.82, 2.24) is 5.32 Å². The molecule has 3 rings (SSSR count). The van der Waals surface area contributed by atoms with Crippen LogP contribution in [0.15, 0.2) is 41.8 Å². The largest absolute Gasteiger partial charge is 0.488 e. The Kier molecular flexibility index (Phi) is 4.85. The standard InChI is InChI=1S/C18H19NO4S/c20-16(19-18(17(21)22)8-1-2-9-18)13-5-3-6-14(11-13)23-12-15-7-4-10-24-15/h3-7,10-11H,1-2,8-9,12H2,(H,19,20)(H,21,22). The molecular formula is C18H19NO4S. The zero-order valence-corrected chi connectivity index (χ0v) is 14.0. The van der Waals surface area contributed by atoms with Crippen LogP contribution >= 0.6 is 11.3 Å². The van der Waals surface area contributed by atoms with Gasteiger partial charge in [0, 0.05) is 10.4 Å². The molecule has 1 aliphatic rings. The SMILES string of the molecule is O=C(NC1(C(=O)O)CCCC1)c1cccc(OCc2cccs2)c1. The van der Waals surface area contributed by atoms with Crippen molar-refractivity contribution >= 4 is 23.2 Å². The van der Waals surface area contributed by atoms with Gasteiger partial charge in [-0.2, -0.15) is 0 Å². The number of carboxylic acid groups (broad SMARTS) is 1. The van der Waals surface area contributed by atoms with Crippen LogP contribution in [0.5, 0.6) is 5.75 Å². The van der Waals surface area contributed by atoms with Crippen LogP contribution in [0, 0.1) is 0 Å². The van der Waals surface area contributed by atoms with Gasteiger partial charge in [-0.15, -0.1) is 11.3 Å². The lowest BCUT2D eigenvalue weighted by atomic mass is 9.97. The predicted molar refractivity (Wildman–Crippen MR) is 91.4 cm³/mol. The predicted octanol–water partition coefficient (Wildman–Crippen LogP) is 3.45. The number of hydrogen-bond donors (Lipinski definition) is 2. The molecule has 1 amide bonds. The van der Waals surface area contributed by atoms with E-state index < -0.39 is 11.5 Å². The average molecular weight is 345 g/mol. The van der Waals surface area contributed by atoms with E-state index in [0.717, 1.165) is 17.7 Å². The van der Waals surface area contributed by atoms with Crippen molar-refractivity contribution in [2.24, 2.45) is 0 Å². The maximum atomic E-state index is 12.5. The summed E-state index contributed by atoms with van der Waals surface area (Å²) in [6, 6.07) is 10.8. The summed E-state index contributed by atoms with van der Waals surface area (Å²) in [6.45, 7) is 0.446. The number of benzene rings is 1. The van der Waals surface area contributed by atoms with E-state index >= 15 is 0 Å². The number of ether oxygens (including phenoxy) is 1. The van der Waals surface area contributed by atoms with E-state index in [1.807, 2.05) is 17.5 Å². The highest BCUT2D eigenvalue weighted by Gasteiger charge is 2.42. The van der Waals surface area contributed by atoms with Crippen molar-refractivity contribution in [3.8, 4) is 5.75 Å². The minimum atomic E-state index is -1.13. The van der Waals surface area contributed by atoms with E-state index in [9.17, 15) is 14.7 Å². The molecule has 1 fully saturated rings. The van der Waals surface area contributed by atoms with Crippen molar-refractivity contribution < 1.29 is 19.4 Å². The Morgan fingerprint density at radius 1 is 1.21 bits per heavy atom. The minimum Gasteiger partial charge on any atom is -0.488 e. The number of hydrogen-bond acceptors (Lipinski definition) is 4. The van der Waals surface area contributed by atoms with Gasteiger partial charge >= 0.3 is 5.97 Å². The zero-order chi connectivity index (χ0) is 17.0. The molecule has 5 nitrogen and oxygen atoms in total. The maximum Gasteiger partial charge on any atom is 0.329 e. The van der Waals surface area contributed by atoms with E-state index in [0.29, 0.717) is 30.8 Å². The lowest BCUT2D eigenvalue weighted by Gasteiger charge is -2.25. The Labute approximate surface area is 144 Å². The third-order valence-electron chi connectivity index (χ3n) is 4.28. The van der Waals surface area contributed by atoms with Crippen LogP contribution < -0.4 is 10.1 Å². The molecule has 0 atom stereocenters. The number of nitrogens with one attached hydrogen (secondary N) is 1. The number of thiophene rings is 1. The molecule has 0 unspecified atom stereocenters. The summed E-state index contributed by atoms with van der Waals surface area (Å²) in [6.07, 6.45) is 2.58. The van der Waals surface area contributed by atoms with Gasteiger partial charge in [-0.05, 0) is 42.5 Å². The normalized spacial score (nSPS) is 15.8. The second-order valence-electron chi connectivity index (χ2n) is 5.94. The molecule has 6 heteroatoms. The summed E-state index contributed by atoms with van der Waals surface area (Å²) < 4.78 is 5.70. The topological polar surface area (TPSA) is 75.6 Å². The van der Waals surface area contributed by atoms with Gasteiger partial charge in [0.05, 0.1) is 0 Å². The number of carbonyl (C=O) groups is 2. The molecule has 0 radical (unpaired) electrons. The maximum absolute atomic E-state index is 12.5. The summed E-state index contributed by atoms with van der Waals surface area (Å²) in [4.78, 5) is 25.1. The van der Waals surface area contributed by atoms with Gasteiger partial charge in [0.25, 0.3) is 5.91 Å². The molecule has 0 saturated heterocycles. The third-order valence-corrected chi connectivity index (χ3v) is 5.13. The number of rotatable bonds is 6. The highest BCUT2D eigenvalue weighted by atomic mass is 32.1. The van der Waals surface area contributed by atoms with Crippen molar-refractivity contribution in [2.75, 3.05) is 0 Å². The zero-order valence-electron chi connectivity index (χ0n) is 13.2. The van der Waals surface area contributed by atoms with Crippen molar-refractivity contribution in [3.05, 3.63) is 52.2 Å². The van der Waals surface area contributed by atoms with Gasteiger partial charge in [-0.1, -0.05) is 25.0 Å². The second kappa shape index (κ2) is 7.05. The Morgan fingerprint density at radius 2 is 2.00 bits per heavy atom. The van der Waals surface area contributed by atoms with Crippen LogP contribution in [-0.4, -0.2) is 22.5 Å². The first-order chi connectivity index (χ1) is 11.6. The van der Waals surface area contributed by atoms with Crippen molar-refractivity contribution in [3.63, 3.8) is 0 Å². The first kappa shape index (κ1) is 16.5. The molecule has 0 aliphatic heterocycles. The second-order valence-corrected chi connectivity index (χ2v) is 6.98. The number of carboxylic acids is 1. The van der Waals surface area contributed by atoms with E-state index in [1.165, 1.54) is 0 Å². The summed E-state index contributed by atoms with van der Waals surface area (Å²) in [5.74, 6) is -0.744. The van der Waals surface area contributed by atoms with Crippen molar-refractivity contribution in [2.45, 2.75) is 37.8 Å². The molecule has 1 saturated carbocycles. The van der Waals surface area contributed by atoms with Gasteiger partial charge in [0.2, 0.25) is 0 Å². The highest BCUT2D eigenvalue weighted by Crippen LogP contribution is 2.30. The molecule has 126 valence electrons. The smallest absolute Gasteiger partial charge is 0.329 e. The molecule has 24 heavy (non-hydrogen) atoms. The molecule has 1 aliphatic carbocycles. The average Bonchev–Trinajstić information content (AvgIpc) is 3.25. The molecule has 0 spiro atoms. The molecule has 2 N–H and O–H groups in total. The van der Waals surface area contributed by atoms with Crippen LogP contribution in [0.2, 0.25) is 0 Å². The van der Waals surface area contributed by atoms with E-state index in [1.54, 1.807) is 35.6 Å². The Hall–Kier alpha value is -2.34. The molecular weight excluding hydrogens is 326 g/mol. The van der Waals surface area contributed by atoms with Gasteiger partial charge < -0.3 is 15.2 Å². The van der Waals surface area contributed by atoms with Crippen LogP contribution in [0.4, 0.5) is 0 Å². The lowest BCUT2D eigenvalue weighted by Crippen LogP contribution is -2.52. The van der Waals surface area contributed by atoms with Gasteiger partial charge in [0.15, 0.2) is 0 Å². The van der Waals surface area contributed by atoms with Crippen molar-refractivity contribution in [1.29, 1.82) is 0 Å². The number of carbonyl (C=O) groups excluding carboxylic acids is 1. The molecule has 2 aromatic rings. The fourth-order valence-electron chi connectivity index (χ4n) is 2.94. The fourth-order valence-corrected chi connectivity index (χ4v) is 3.55. The Morgan fingerprint density at radius 3 is 2.67 bits per heavy atom. The lowest BCUT2D eigenvalue weighted by molar-refractivity contribution is -0.144. The van der Waals surface area contributed by atoms with E-state index in [2.05, 4.69) is 5.32 Å². The van der Waals surface area contributed by atoms with Gasteiger partial charge in [-0.3, -0.25) is 4.79 Å². The molecule has 1 aromatic carbocycles. The van der Waals surface area contributed by atoms with Gasteiger partial charge in [-0.25, -0.2) is 4.79 Å². The highest BCUT2D eigenvalue weighted by molar-refractivity contribution is 7.09. The van der Waals surface area contributed by atoms with Crippen LogP contribution in [0.1, 0.15) is 40.9 Å². The summed E-state index contributed by atoms with van der Waals surface area (Å²) in [7, 11) is 0. The quantitative estimate of drug-likeness (QED) is 0.841. The Bertz CT molecular complexity index is 720.